The number of aromatic nitrogens is 2. The maximum Gasteiger partial charge on any atom is 0.132 e. The van der Waals surface area contributed by atoms with Gasteiger partial charge in [0, 0.05) is 13.2 Å². The summed E-state index contributed by atoms with van der Waals surface area (Å²) in [6, 6.07) is 0. The Morgan fingerprint density at radius 1 is 1.77 bits per heavy atom. The summed E-state index contributed by atoms with van der Waals surface area (Å²) in [5, 5.41) is 0. The molecule has 0 aromatic carbocycles. The van der Waals surface area contributed by atoms with Crippen molar-refractivity contribution >= 4 is 17.7 Å². The minimum absolute atomic E-state index is 0.453. The fourth-order valence-electron chi connectivity index (χ4n) is 0.981. The highest BCUT2D eigenvalue weighted by Crippen LogP contribution is 2.06. The van der Waals surface area contributed by atoms with Gasteiger partial charge in [-0.25, -0.2) is 4.98 Å². The van der Waals surface area contributed by atoms with E-state index in [1.54, 1.807) is 0 Å². The number of halogens is 1. The first-order valence-corrected chi connectivity index (χ1v) is 4.58. The Kier molecular flexibility index (Phi) is 3.32. The number of allylic oxidation sites excluding steroid dienone is 2. The van der Waals surface area contributed by atoms with Crippen LogP contribution in [0.4, 0.5) is 0 Å². The minimum Gasteiger partial charge on any atom is -0.334 e. The Morgan fingerprint density at radius 3 is 2.92 bits per heavy atom. The van der Waals surface area contributed by atoms with Crippen LogP contribution in [0.25, 0.3) is 6.08 Å². The lowest BCUT2D eigenvalue weighted by atomic mass is 10.3. The smallest absolute Gasteiger partial charge is 0.132 e. The summed E-state index contributed by atoms with van der Waals surface area (Å²) >= 11 is 5.66. The third-order valence-electron chi connectivity index (χ3n) is 1.62. The molecule has 70 valence electrons. The first-order chi connectivity index (χ1) is 6.13. The maximum atomic E-state index is 5.66. The van der Waals surface area contributed by atoms with Gasteiger partial charge in [-0.05, 0) is 13.0 Å². The lowest BCUT2D eigenvalue weighted by Crippen LogP contribution is -1.88. The van der Waals surface area contributed by atoms with Crippen LogP contribution in [-0.2, 0) is 12.9 Å². The summed E-state index contributed by atoms with van der Waals surface area (Å²) < 4.78 is 1.94. The highest BCUT2D eigenvalue weighted by atomic mass is 35.5. The van der Waals surface area contributed by atoms with Gasteiger partial charge < -0.3 is 4.57 Å². The predicted molar refractivity (Wildman–Crippen MR) is 56.6 cm³/mol. The van der Waals surface area contributed by atoms with Crippen LogP contribution in [0.15, 0.2) is 24.4 Å². The van der Waals surface area contributed by atoms with Gasteiger partial charge in [-0.2, -0.15) is 0 Å². The van der Waals surface area contributed by atoms with E-state index < -0.39 is 0 Å². The molecule has 0 saturated heterocycles. The fraction of sp³-hybridized carbons (Fsp3) is 0.300. The van der Waals surface area contributed by atoms with Gasteiger partial charge in [0.05, 0.1) is 11.6 Å². The van der Waals surface area contributed by atoms with Gasteiger partial charge in [0.1, 0.15) is 5.82 Å². The van der Waals surface area contributed by atoms with E-state index in [9.17, 15) is 0 Å². The van der Waals surface area contributed by atoms with Crippen LogP contribution >= 0.6 is 11.6 Å². The summed E-state index contributed by atoms with van der Waals surface area (Å²) in [4.78, 5) is 4.30. The monoisotopic (exact) mass is 196 g/mol. The number of aryl methyl sites for hydroxylation is 1. The van der Waals surface area contributed by atoms with E-state index in [0.717, 1.165) is 17.1 Å². The van der Waals surface area contributed by atoms with Crippen molar-refractivity contribution in [2.75, 3.05) is 0 Å². The van der Waals surface area contributed by atoms with Gasteiger partial charge in [0.2, 0.25) is 0 Å². The normalized spacial score (nSPS) is 11.0. The van der Waals surface area contributed by atoms with E-state index in [4.69, 9.17) is 11.6 Å². The molecule has 0 aliphatic rings. The van der Waals surface area contributed by atoms with E-state index in [2.05, 4.69) is 11.6 Å². The number of rotatable bonds is 3. The van der Waals surface area contributed by atoms with E-state index in [1.165, 1.54) is 0 Å². The third-order valence-corrected chi connectivity index (χ3v) is 1.89. The van der Waals surface area contributed by atoms with E-state index in [1.807, 2.05) is 36.9 Å². The van der Waals surface area contributed by atoms with Crippen LogP contribution < -0.4 is 0 Å². The third kappa shape index (κ3) is 2.74. The Balaban J connectivity index is 2.88. The van der Waals surface area contributed by atoms with Gasteiger partial charge >= 0.3 is 0 Å². The molecule has 0 atom stereocenters. The Labute approximate surface area is 83.5 Å². The van der Waals surface area contributed by atoms with Gasteiger partial charge in [0.25, 0.3) is 0 Å². The summed E-state index contributed by atoms with van der Waals surface area (Å²) in [7, 11) is 1.95. The van der Waals surface area contributed by atoms with Crippen LogP contribution in [0, 0.1) is 0 Å². The molecule has 0 amide bonds. The van der Waals surface area contributed by atoms with Crippen LogP contribution in [0.5, 0.6) is 0 Å². The van der Waals surface area contributed by atoms with E-state index in [0.29, 0.717) is 5.88 Å². The molecule has 0 fully saturated rings. The van der Waals surface area contributed by atoms with Gasteiger partial charge in [-0.15, -0.1) is 11.6 Å². The second kappa shape index (κ2) is 4.28. The number of hydrogen-bond donors (Lipinski definition) is 0. The first-order valence-electron chi connectivity index (χ1n) is 4.05. The molecule has 0 saturated carbocycles. The highest BCUT2D eigenvalue weighted by molar-refractivity contribution is 6.16. The highest BCUT2D eigenvalue weighted by Gasteiger charge is 1.99. The van der Waals surface area contributed by atoms with E-state index in [-0.39, 0.29) is 0 Å². The zero-order valence-electron chi connectivity index (χ0n) is 7.92. The topological polar surface area (TPSA) is 17.8 Å². The lowest BCUT2D eigenvalue weighted by Gasteiger charge is -1.92. The number of imidazole rings is 1. The van der Waals surface area contributed by atoms with Crippen molar-refractivity contribution in [2.24, 2.45) is 7.05 Å². The van der Waals surface area contributed by atoms with Crippen molar-refractivity contribution in [3.8, 4) is 0 Å². The molecule has 1 rings (SSSR count). The Morgan fingerprint density at radius 2 is 2.46 bits per heavy atom. The molecular weight excluding hydrogens is 184 g/mol. The molecule has 0 aliphatic carbocycles. The summed E-state index contributed by atoms with van der Waals surface area (Å²) in [6.07, 6.45) is 5.78. The molecule has 0 unspecified atom stereocenters. The SMILES string of the molecule is C=C(C)/C=C\c1nc(CCl)cn1C. The molecule has 0 radical (unpaired) electrons. The summed E-state index contributed by atoms with van der Waals surface area (Å²) in [5.74, 6) is 1.35. The average Bonchev–Trinajstić information content (AvgIpc) is 2.43. The predicted octanol–water partition coefficient (Wildman–Crippen LogP) is 2.75. The fourth-order valence-corrected chi connectivity index (χ4v) is 1.11. The number of nitrogens with zero attached hydrogens (tertiary/aromatic N) is 2. The maximum absolute atomic E-state index is 5.66. The molecule has 0 aliphatic heterocycles. The second-order valence-corrected chi connectivity index (χ2v) is 3.28. The Bertz CT molecular complexity index is 337. The molecular formula is C10H13ClN2. The molecule has 13 heavy (non-hydrogen) atoms. The molecule has 1 heterocycles. The van der Waals surface area contributed by atoms with Crippen molar-refractivity contribution in [3.63, 3.8) is 0 Å². The summed E-state index contributed by atoms with van der Waals surface area (Å²) in [6.45, 7) is 5.72. The second-order valence-electron chi connectivity index (χ2n) is 3.01. The van der Waals surface area contributed by atoms with Crippen molar-refractivity contribution < 1.29 is 0 Å². The van der Waals surface area contributed by atoms with Crippen molar-refractivity contribution in [2.45, 2.75) is 12.8 Å². The van der Waals surface area contributed by atoms with Crippen LogP contribution in [0.1, 0.15) is 18.4 Å². The van der Waals surface area contributed by atoms with Gasteiger partial charge in [-0.3, -0.25) is 0 Å². The first kappa shape index (κ1) is 10.1. The molecule has 3 heteroatoms. The van der Waals surface area contributed by atoms with Crippen LogP contribution in [0.2, 0.25) is 0 Å². The summed E-state index contributed by atoms with van der Waals surface area (Å²) in [5.41, 5.74) is 1.90. The molecule has 1 aromatic heterocycles. The zero-order chi connectivity index (χ0) is 9.84. The molecule has 0 spiro atoms. The van der Waals surface area contributed by atoms with Crippen LogP contribution in [0.3, 0.4) is 0 Å². The van der Waals surface area contributed by atoms with Crippen molar-refractivity contribution in [1.82, 2.24) is 9.55 Å². The molecule has 0 N–H and O–H groups in total. The van der Waals surface area contributed by atoms with Gasteiger partial charge in [-0.1, -0.05) is 18.2 Å². The standard InChI is InChI=1S/C10H13ClN2/c1-8(2)4-5-10-12-9(6-11)7-13(10)3/h4-5,7H,1,6H2,2-3H3/b5-4-. The lowest BCUT2D eigenvalue weighted by molar-refractivity contribution is 0.897. The largest absolute Gasteiger partial charge is 0.334 e. The Hall–Kier alpha value is -1.02. The number of hydrogen-bond acceptors (Lipinski definition) is 1. The molecule has 2 nitrogen and oxygen atoms in total. The zero-order valence-corrected chi connectivity index (χ0v) is 8.67. The number of alkyl halides is 1. The van der Waals surface area contributed by atoms with Crippen molar-refractivity contribution in [1.29, 1.82) is 0 Å². The minimum atomic E-state index is 0.453. The average molecular weight is 197 g/mol. The quantitative estimate of drug-likeness (QED) is 0.537. The van der Waals surface area contributed by atoms with Crippen molar-refractivity contribution in [3.05, 3.63) is 35.9 Å². The van der Waals surface area contributed by atoms with Crippen LogP contribution in [-0.4, -0.2) is 9.55 Å². The molecule has 0 bridgehead atoms. The van der Waals surface area contributed by atoms with Gasteiger partial charge in [0.15, 0.2) is 0 Å². The van der Waals surface area contributed by atoms with E-state index >= 15 is 0 Å². The molecule has 1 aromatic rings.